The molecule has 1 aliphatic rings. The fraction of sp³-hybridized carbons (Fsp3) is 0.364. The van der Waals surface area contributed by atoms with Crippen LogP contribution in [0.1, 0.15) is 29.8 Å². The molecule has 4 rings (SSSR count). The molecule has 1 atom stereocenters. The molecule has 0 saturated heterocycles. The Morgan fingerprint density at radius 1 is 1.07 bits per heavy atom. The van der Waals surface area contributed by atoms with Gasteiger partial charge in [0.15, 0.2) is 6.67 Å². The second kappa shape index (κ2) is 8.29. The van der Waals surface area contributed by atoms with Gasteiger partial charge in [-0.2, -0.15) is 9.78 Å². The number of benzene rings is 2. The Labute approximate surface area is 171 Å². The highest BCUT2D eigenvalue weighted by Crippen LogP contribution is 2.17. The van der Waals surface area contributed by atoms with Crippen LogP contribution in [0.4, 0.5) is 0 Å². The second-order valence-electron chi connectivity index (χ2n) is 7.52. The zero-order valence-electron chi connectivity index (χ0n) is 16.5. The van der Waals surface area contributed by atoms with E-state index in [1.165, 1.54) is 28.9 Å². The topological polar surface area (TPSA) is 36.4 Å². The van der Waals surface area contributed by atoms with E-state index in [-0.39, 0.29) is 0 Å². The Morgan fingerprint density at radius 3 is 2.43 bits per heavy atom. The van der Waals surface area contributed by atoms with E-state index in [2.05, 4.69) is 41.0 Å². The van der Waals surface area contributed by atoms with E-state index < -0.39 is 0 Å². The van der Waals surface area contributed by atoms with Gasteiger partial charge in [0, 0.05) is 18.4 Å². The molecule has 146 valence electrons. The molecular weight excluding hydrogens is 368 g/mol. The number of aryl methyl sites for hydroxylation is 1. The number of aromatic nitrogens is 3. The number of quaternary nitrogens is 1. The molecule has 1 unspecified atom stereocenters. The summed E-state index contributed by atoms with van der Waals surface area (Å²) in [6.45, 7) is 4.58. The quantitative estimate of drug-likeness (QED) is 0.596. The molecule has 0 radical (unpaired) electrons. The van der Waals surface area contributed by atoms with Crippen LogP contribution in [0.15, 0.2) is 54.6 Å². The van der Waals surface area contributed by atoms with Crippen LogP contribution in [0.25, 0.3) is 0 Å². The van der Waals surface area contributed by atoms with E-state index in [4.69, 9.17) is 22.1 Å². The minimum Gasteiger partial charge on any atom is -0.497 e. The Hall–Kier alpha value is -2.44. The Balaban J connectivity index is 1.51. The molecule has 2 aromatic carbocycles. The van der Waals surface area contributed by atoms with Gasteiger partial charge >= 0.3 is 0 Å². The summed E-state index contributed by atoms with van der Waals surface area (Å²) in [5, 5.41) is 4.76. The zero-order chi connectivity index (χ0) is 19.5. The lowest BCUT2D eigenvalue weighted by molar-refractivity contribution is -0.947. The summed E-state index contributed by atoms with van der Waals surface area (Å²) in [6, 6.07) is 19.5. The molecule has 1 heterocycles. The standard InChI is InChI=1S/C22H26N4OS/c1-17-23-26(22(28)25(17)15-18-6-4-3-5-7-18)16-24(20-10-11-20)14-19-8-12-21(27-2)13-9-19/h3-9,12-13,20H,10-11,14-16H2,1-2H3/p+1. The lowest BCUT2D eigenvalue weighted by Crippen LogP contribution is -3.11. The summed E-state index contributed by atoms with van der Waals surface area (Å²) in [6.07, 6.45) is 2.56. The summed E-state index contributed by atoms with van der Waals surface area (Å²) in [5.74, 6) is 1.86. The monoisotopic (exact) mass is 395 g/mol. The third kappa shape index (κ3) is 4.34. The number of rotatable bonds is 8. The van der Waals surface area contributed by atoms with Gasteiger partial charge in [-0.3, -0.25) is 4.57 Å². The van der Waals surface area contributed by atoms with Gasteiger partial charge in [-0.1, -0.05) is 30.3 Å². The first-order valence-corrected chi connectivity index (χ1v) is 10.2. The van der Waals surface area contributed by atoms with E-state index in [0.29, 0.717) is 6.04 Å². The third-order valence-electron chi connectivity index (χ3n) is 5.39. The van der Waals surface area contributed by atoms with Crippen molar-refractivity contribution in [2.75, 3.05) is 7.11 Å². The van der Waals surface area contributed by atoms with Gasteiger partial charge in [0.1, 0.15) is 18.1 Å². The van der Waals surface area contributed by atoms with Crippen molar-refractivity contribution in [1.82, 2.24) is 14.3 Å². The largest absolute Gasteiger partial charge is 0.497 e. The average molecular weight is 396 g/mol. The molecule has 0 aliphatic heterocycles. The molecule has 28 heavy (non-hydrogen) atoms. The van der Waals surface area contributed by atoms with E-state index >= 15 is 0 Å². The fourth-order valence-electron chi connectivity index (χ4n) is 3.62. The second-order valence-corrected chi connectivity index (χ2v) is 7.88. The molecule has 1 aliphatic carbocycles. The first kappa shape index (κ1) is 18.9. The van der Waals surface area contributed by atoms with Gasteiger partial charge in [-0.05, 0) is 49.0 Å². The van der Waals surface area contributed by atoms with Crippen molar-refractivity contribution in [3.8, 4) is 5.75 Å². The van der Waals surface area contributed by atoms with Crippen LogP contribution in [-0.2, 0) is 19.8 Å². The molecule has 5 nitrogen and oxygen atoms in total. The van der Waals surface area contributed by atoms with Crippen molar-refractivity contribution in [2.24, 2.45) is 0 Å². The Bertz CT molecular complexity index is 974. The Morgan fingerprint density at radius 2 is 1.79 bits per heavy atom. The molecule has 3 aromatic rings. The molecule has 1 fully saturated rings. The highest BCUT2D eigenvalue weighted by molar-refractivity contribution is 7.71. The maximum atomic E-state index is 5.77. The van der Waals surface area contributed by atoms with Crippen LogP contribution in [-0.4, -0.2) is 27.5 Å². The number of nitrogens with zero attached hydrogens (tertiary/aromatic N) is 3. The number of methoxy groups -OCH3 is 1. The van der Waals surface area contributed by atoms with Crippen LogP contribution in [0.5, 0.6) is 5.75 Å². The highest BCUT2D eigenvalue weighted by Gasteiger charge is 2.34. The Kier molecular flexibility index (Phi) is 5.59. The molecule has 0 spiro atoms. The van der Waals surface area contributed by atoms with Crippen LogP contribution in [0, 0.1) is 11.7 Å². The van der Waals surface area contributed by atoms with Gasteiger partial charge in [-0.25, -0.2) is 0 Å². The SMILES string of the molecule is COc1ccc(C[NH+](Cn2nc(C)n(Cc3ccccc3)c2=S)C2CC2)cc1. The van der Waals surface area contributed by atoms with Gasteiger partial charge in [0.25, 0.3) is 0 Å². The van der Waals surface area contributed by atoms with Crippen molar-refractivity contribution in [3.63, 3.8) is 0 Å². The fourth-order valence-corrected chi connectivity index (χ4v) is 3.92. The van der Waals surface area contributed by atoms with E-state index in [1.54, 1.807) is 7.11 Å². The van der Waals surface area contributed by atoms with E-state index in [0.717, 1.165) is 36.1 Å². The maximum absolute atomic E-state index is 5.77. The van der Waals surface area contributed by atoms with Crippen molar-refractivity contribution in [3.05, 3.63) is 76.3 Å². The number of hydrogen-bond acceptors (Lipinski definition) is 3. The predicted molar refractivity (Wildman–Crippen MR) is 112 cm³/mol. The van der Waals surface area contributed by atoms with Crippen molar-refractivity contribution in [2.45, 2.75) is 45.6 Å². The molecule has 1 saturated carbocycles. The minimum atomic E-state index is 0.698. The summed E-state index contributed by atoms with van der Waals surface area (Å²) >= 11 is 5.77. The zero-order valence-corrected chi connectivity index (χ0v) is 17.3. The summed E-state index contributed by atoms with van der Waals surface area (Å²) in [7, 11) is 1.70. The average Bonchev–Trinajstić information content (AvgIpc) is 3.53. The first-order valence-electron chi connectivity index (χ1n) is 9.79. The molecule has 1 aromatic heterocycles. The van der Waals surface area contributed by atoms with Crippen molar-refractivity contribution < 1.29 is 9.64 Å². The van der Waals surface area contributed by atoms with Gasteiger partial charge in [0.05, 0.1) is 19.7 Å². The van der Waals surface area contributed by atoms with Crippen molar-refractivity contribution >= 4 is 12.2 Å². The lowest BCUT2D eigenvalue weighted by Gasteiger charge is -2.19. The number of ether oxygens (including phenoxy) is 1. The maximum Gasteiger partial charge on any atom is 0.203 e. The van der Waals surface area contributed by atoms with Gasteiger partial charge < -0.3 is 9.64 Å². The molecule has 0 amide bonds. The lowest BCUT2D eigenvalue weighted by atomic mass is 10.2. The molecule has 1 N–H and O–H groups in total. The van der Waals surface area contributed by atoms with Crippen LogP contribution >= 0.6 is 12.2 Å². The summed E-state index contributed by atoms with van der Waals surface area (Å²) in [5.41, 5.74) is 2.56. The van der Waals surface area contributed by atoms with Crippen LogP contribution < -0.4 is 9.64 Å². The predicted octanol–water partition coefficient (Wildman–Crippen LogP) is 2.98. The minimum absolute atomic E-state index is 0.698. The number of nitrogens with one attached hydrogen (secondary N) is 1. The van der Waals surface area contributed by atoms with Crippen LogP contribution in [0.3, 0.4) is 0 Å². The van der Waals surface area contributed by atoms with Gasteiger partial charge in [-0.15, -0.1) is 0 Å². The van der Waals surface area contributed by atoms with Crippen LogP contribution in [0.2, 0.25) is 0 Å². The first-order chi connectivity index (χ1) is 13.6. The smallest absolute Gasteiger partial charge is 0.203 e. The number of hydrogen-bond donors (Lipinski definition) is 1. The van der Waals surface area contributed by atoms with Gasteiger partial charge in [0.2, 0.25) is 4.77 Å². The van der Waals surface area contributed by atoms with E-state index in [9.17, 15) is 0 Å². The highest BCUT2D eigenvalue weighted by atomic mass is 32.1. The molecular formula is C22H27N4OS+. The summed E-state index contributed by atoms with van der Waals surface area (Å²) < 4.78 is 10.2. The molecule has 0 bridgehead atoms. The normalized spacial score (nSPS) is 14.8. The van der Waals surface area contributed by atoms with Crippen molar-refractivity contribution in [1.29, 1.82) is 0 Å². The third-order valence-corrected chi connectivity index (χ3v) is 5.82. The summed E-state index contributed by atoms with van der Waals surface area (Å²) in [4.78, 5) is 1.52. The van der Waals surface area contributed by atoms with E-state index in [1.807, 2.05) is 29.8 Å². The molecule has 6 heteroatoms.